The molecule has 2 atom stereocenters. The van der Waals surface area contributed by atoms with Crippen LogP contribution in [0.4, 0.5) is 0 Å². The molecule has 0 spiro atoms. The van der Waals surface area contributed by atoms with Crippen LogP contribution in [0.25, 0.3) is 11.0 Å². The van der Waals surface area contributed by atoms with Crippen LogP contribution in [0.15, 0.2) is 58.7 Å². The third-order valence-electron chi connectivity index (χ3n) is 5.51. The maximum Gasteiger partial charge on any atom is 0.290 e. The summed E-state index contributed by atoms with van der Waals surface area (Å²) in [4.78, 5) is 18.0. The van der Waals surface area contributed by atoms with Crippen LogP contribution in [0.2, 0.25) is 0 Å². The van der Waals surface area contributed by atoms with Gasteiger partial charge in [-0.15, -0.1) is 0 Å². The van der Waals surface area contributed by atoms with E-state index in [1.807, 2.05) is 20.8 Å². The van der Waals surface area contributed by atoms with Gasteiger partial charge in [0.1, 0.15) is 17.2 Å². The highest BCUT2D eigenvalue weighted by atomic mass is 32.2. The van der Waals surface area contributed by atoms with Crippen molar-refractivity contribution in [2.75, 3.05) is 20.8 Å². The molecule has 0 aliphatic rings. The van der Waals surface area contributed by atoms with E-state index < -0.39 is 21.8 Å². The van der Waals surface area contributed by atoms with Crippen molar-refractivity contribution in [2.45, 2.75) is 36.6 Å². The largest absolute Gasteiger partial charge is 0.497 e. The van der Waals surface area contributed by atoms with E-state index in [2.05, 4.69) is 9.97 Å². The molecule has 4 aromatic rings. The molecule has 2 aromatic carbocycles. The first-order valence-corrected chi connectivity index (χ1v) is 13.9. The molecule has 2 unspecified atom stereocenters. The highest BCUT2D eigenvalue weighted by Crippen LogP contribution is 2.29. The monoisotopic (exact) mass is 559 g/mol. The van der Waals surface area contributed by atoms with Crippen LogP contribution in [-0.2, 0) is 32.3 Å². The second kappa shape index (κ2) is 13.2. The third kappa shape index (κ3) is 6.20. The molecular formula is C26H29N3O7S2. The number of ether oxygens (including phenoxy) is 3. The Kier molecular flexibility index (Phi) is 9.97. The fourth-order valence-electron chi connectivity index (χ4n) is 3.78. The van der Waals surface area contributed by atoms with E-state index >= 15 is 0 Å². The molecule has 0 saturated heterocycles. The second-order valence-electron chi connectivity index (χ2n) is 7.84. The van der Waals surface area contributed by atoms with E-state index in [-0.39, 0.29) is 17.4 Å². The van der Waals surface area contributed by atoms with E-state index in [1.165, 1.54) is 3.97 Å². The zero-order valence-corrected chi connectivity index (χ0v) is 23.3. The van der Waals surface area contributed by atoms with Crippen LogP contribution in [0.3, 0.4) is 0 Å². The van der Waals surface area contributed by atoms with Gasteiger partial charge in [-0.3, -0.25) is 14.0 Å². The molecule has 12 heteroatoms. The van der Waals surface area contributed by atoms with Gasteiger partial charge in [0.15, 0.2) is 11.0 Å². The van der Waals surface area contributed by atoms with Crippen LogP contribution >= 0.6 is 0 Å². The van der Waals surface area contributed by atoms with Gasteiger partial charge in [0.05, 0.1) is 59.0 Å². The summed E-state index contributed by atoms with van der Waals surface area (Å²) in [5.74, 6) is 2.10. The zero-order chi connectivity index (χ0) is 27.8. The minimum atomic E-state index is -1.70. The van der Waals surface area contributed by atoms with E-state index in [9.17, 15) is 8.42 Å². The number of carbonyl (C=O) groups is 1. The van der Waals surface area contributed by atoms with Gasteiger partial charge < -0.3 is 19.3 Å². The Bertz CT molecular complexity index is 1470. The van der Waals surface area contributed by atoms with E-state index in [0.29, 0.717) is 45.5 Å². The summed E-state index contributed by atoms with van der Waals surface area (Å²) in [6.45, 7) is 5.99. The number of rotatable bonds is 9. The van der Waals surface area contributed by atoms with Gasteiger partial charge in [0.25, 0.3) is 6.47 Å². The molecule has 0 saturated carbocycles. The molecule has 2 aromatic heterocycles. The summed E-state index contributed by atoms with van der Waals surface area (Å²) >= 11 is 0. The van der Waals surface area contributed by atoms with Crippen LogP contribution in [0.1, 0.15) is 23.7 Å². The van der Waals surface area contributed by atoms with Gasteiger partial charge in [-0.2, -0.15) is 0 Å². The van der Waals surface area contributed by atoms with Crippen LogP contribution < -0.4 is 14.2 Å². The Labute approximate surface area is 225 Å². The fourth-order valence-corrected chi connectivity index (χ4v) is 6.48. The predicted molar refractivity (Wildman–Crippen MR) is 145 cm³/mol. The van der Waals surface area contributed by atoms with Gasteiger partial charge in [-0.1, -0.05) is 0 Å². The third-order valence-corrected chi connectivity index (χ3v) is 8.22. The average Bonchev–Trinajstić information content (AvgIpc) is 3.30. The predicted octanol–water partition coefficient (Wildman–Crippen LogP) is 4.04. The molecule has 10 nitrogen and oxygen atoms in total. The van der Waals surface area contributed by atoms with Crippen molar-refractivity contribution in [1.29, 1.82) is 0 Å². The van der Waals surface area contributed by atoms with Crippen molar-refractivity contribution >= 4 is 39.3 Å². The number of hydrogen-bond acceptors (Lipinski definition) is 8. The highest BCUT2D eigenvalue weighted by molar-refractivity contribution is 7.86. The average molecular weight is 560 g/mol. The molecule has 4 rings (SSSR count). The van der Waals surface area contributed by atoms with Gasteiger partial charge >= 0.3 is 0 Å². The molecule has 202 valence electrons. The zero-order valence-electron chi connectivity index (χ0n) is 21.7. The number of aryl methyl sites for hydroxylation is 1. The lowest BCUT2D eigenvalue weighted by Crippen LogP contribution is -2.13. The summed E-state index contributed by atoms with van der Waals surface area (Å²) in [7, 11) is -0.173. The number of aromatic nitrogens is 3. The summed E-state index contributed by atoms with van der Waals surface area (Å²) in [6, 6.07) is 12.3. The molecular weight excluding hydrogens is 530 g/mol. The first-order chi connectivity index (χ1) is 18.3. The van der Waals surface area contributed by atoms with Crippen LogP contribution in [-0.4, -0.2) is 54.8 Å². The molecule has 1 N–H and O–H groups in total. The Morgan fingerprint density at radius 2 is 1.68 bits per heavy atom. The lowest BCUT2D eigenvalue weighted by atomic mass is 10.1. The number of fused-ring (bicyclic) bond motifs is 1. The Morgan fingerprint density at radius 1 is 1.03 bits per heavy atom. The second-order valence-corrected chi connectivity index (χ2v) is 10.5. The van der Waals surface area contributed by atoms with Crippen molar-refractivity contribution in [2.24, 2.45) is 0 Å². The van der Waals surface area contributed by atoms with E-state index in [4.69, 9.17) is 24.1 Å². The Morgan fingerprint density at radius 3 is 2.29 bits per heavy atom. The molecule has 0 aliphatic carbocycles. The minimum absolute atomic E-state index is 0.101. The quantitative estimate of drug-likeness (QED) is 0.302. The molecule has 2 heterocycles. The molecule has 38 heavy (non-hydrogen) atoms. The number of methoxy groups -OCH3 is 2. The van der Waals surface area contributed by atoms with Crippen molar-refractivity contribution in [3.05, 3.63) is 65.5 Å². The number of pyridine rings is 1. The van der Waals surface area contributed by atoms with Gasteiger partial charge in [0.2, 0.25) is 5.16 Å². The smallest absolute Gasteiger partial charge is 0.290 e. The summed E-state index contributed by atoms with van der Waals surface area (Å²) in [5.41, 5.74) is 3.48. The van der Waals surface area contributed by atoms with Crippen molar-refractivity contribution < 1.29 is 32.5 Å². The summed E-state index contributed by atoms with van der Waals surface area (Å²) < 4.78 is 45.2. The SMILES string of the molecule is CCOc1ccc(S(=O)n2c(S(=O)Cc3ncc(C)c(OC)c3C)nc3cc(OC)ccc32)cc1.O=CO. The first kappa shape index (κ1) is 28.8. The van der Waals surface area contributed by atoms with Gasteiger partial charge in [-0.25, -0.2) is 13.2 Å². The molecule has 0 fully saturated rings. The van der Waals surface area contributed by atoms with Gasteiger partial charge in [0, 0.05) is 23.4 Å². The lowest BCUT2D eigenvalue weighted by molar-refractivity contribution is -0.122. The van der Waals surface area contributed by atoms with Crippen molar-refractivity contribution in [3.63, 3.8) is 0 Å². The lowest BCUT2D eigenvalue weighted by Gasteiger charge is -2.13. The van der Waals surface area contributed by atoms with Crippen LogP contribution in [0.5, 0.6) is 17.2 Å². The van der Waals surface area contributed by atoms with E-state index in [1.54, 1.807) is 62.9 Å². The molecule has 0 bridgehead atoms. The standard InChI is InChI=1S/C25H27N3O5S2.CH2O2/c1-6-33-18-7-10-20(11-8-18)35(30)28-23-12-9-19(31-4)13-21(23)27-25(28)34(29)15-22-17(3)24(32-5)16(2)14-26-22;2-1-3/h7-14H,6,15H2,1-5H3;1H,(H,2,3). The Hall–Kier alpha value is -3.77. The topological polar surface area (TPSA) is 130 Å². The fraction of sp³-hybridized carbons (Fsp3) is 0.269. The van der Waals surface area contributed by atoms with E-state index in [0.717, 1.165) is 11.1 Å². The number of carboxylic acid groups (broad SMARTS) is 1. The minimum Gasteiger partial charge on any atom is -0.497 e. The number of benzene rings is 2. The van der Waals surface area contributed by atoms with Crippen molar-refractivity contribution in [1.82, 2.24) is 13.9 Å². The first-order valence-electron chi connectivity index (χ1n) is 11.5. The Balaban J connectivity index is 0.00000127. The van der Waals surface area contributed by atoms with Crippen molar-refractivity contribution in [3.8, 4) is 17.2 Å². The maximum atomic E-state index is 13.7. The maximum absolute atomic E-state index is 13.7. The summed E-state index contributed by atoms with van der Waals surface area (Å²) in [6.07, 6.45) is 1.70. The number of hydrogen-bond donors (Lipinski definition) is 1. The normalized spacial score (nSPS) is 12.2. The molecule has 0 aliphatic heterocycles. The van der Waals surface area contributed by atoms with Crippen LogP contribution in [0, 0.1) is 13.8 Å². The van der Waals surface area contributed by atoms with Gasteiger partial charge in [-0.05, 0) is 57.2 Å². The molecule has 0 radical (unpaired) electrons. The highest BCUT2D eigenvalue weighted by Gasteiger charge is 2.24. The number of imidazole rings is 1. The molecule has 0 amide bonds. The summed E-state index contributed by atoms with van der Waals surface area (Å²) in [5, 5.41) is 7.08. The number of nitrogens with zero attached hydrogens (tertiary/aromatic N) is 3.